The number of hydrogen-bond donors (Lipinski definition) is 1. The van der Waals surface area contributed by atoms with Gasteiger partial charge >= 0.3 is 0 Å². The van der Waals surface area contributed by atoms with Crippen LogP contribution in [0.2, 0.25) is 0 Å². The summed E-state index contributed by atoms with van der Waals surface area (Å²) in [5.41, 5.74) is 1.11. The zero-order valence-electron chi connectivity index (χ0n) is 8.34. The van der Waals surface area contributed by atoms with Crippen molar-refractivity contribution >= 4 is 12.4 Å². The van der Waals surface area contributed by atoms with Crippen molar-refractivity contribution in [3.63, 3.8) is 0 Å². The van der Waals surface area contributed by atoms with Gasteiger partial charge in [-0.1, -0.05) is 12.2 Å². The van der Waals surface area contributed by atoms with Crippen LogP contribution in [-0.2, 0) is 4.74 Å². The molecule has 0 radical (unpaired) electrons. The maximum Gasteiger partial charge on any atom is 0.0671 e. The Bertz CT molecular complexity index is 144. The second-order valence-corrected chi connectivity index (χ2v) is 3.67. The first-order chi connectivity index (χ1) is 5.79. The number of nitrogens with one attached hydrogen (secondary N) is 1. The Morgan fingerprint density at radius 2 is 2.08 bits per heavy atom. The van der Waals surface area contributed by atoms with Crippen molar-refractivity contribution in [1.29, 1.82) is 0 Å². The van der Waals surface area contributed by atoms with Gasteiger partial charge in [-0.2, -0.15) is 0 Å². The second kappa shape index (κ2) is 7.36. The predicted octanol–water partition coefficient (Wildman–Crippen LogP) is 2.00. The van der Waals surface area contributed by atoms with Crippen molar-refractivity contribution in [2.75, 3.05) is 26.3 Å². The van der Waals surface area contributed by atoms with Gasteiger partial charge in [0.05, 0.1) is 6.61 Å². The van der Waals surface area contributed by atoms with Gasteiger partial charge in [0.2, 0.25) is 0 Å². The molecule has 1 rings (SSSR count). The van der Waals surface area contributed by atoms with Crippen LogP contribution in [0, 0.1) is 5.92 Å². The van der Waals surface area contributed by atoms with E-state index in [2.05, 4.69) is 11.9 Å². The van der Waals surface area contributed by atoms with Crippen LogP contribution in [0.3, 0.4) is 0 Å². The molecule has 2 nitrogen and oxygen atoms in total. The number of halogens is 1. The van der Waals surface area contributed by atoms with Crippen LogP contribution in [0.15, 0.2) is 12.2 Å². The van der Waals surface area contributed by atoms with Gasteiger partial charge in [-0.05, 0) is 38.8 Å². The Labute approximate surface area is 87.1 Å². The highest BCUT2D eigenvalue weighted by Crippen LogP contribution is 2.11. The fourth-order valence-corrected chi connectivity index (χ4v) is 1.45. The molecule has 0 aromatic rings. The Morgan fingerprint density at radius 3 is 2.62 bits per heavy atom. The molecule has 0 aromatic heterocycles. The van der Waals surface area contributed by atoms with Crippen LogP contribution in [0.4, 0.5) is 0 Å². The van der Waals surface area contributed by atoms with Gasteiger partial charge in [-0.15, -0.1) is 12.4 Å². The molecule has 13 heavy (non-hydrogen) atoms. The summed E-state index contributed by atoms with van der Waals surface area (Å²) in [6, 6.07) is 0. The first kappa shape index (κ1) is 12.9. The Morgan fingerprint density at radius 1 is 1.46 bits per heavy atom. The Kier molecular flexibility index (Phi) is 7.33. The number of ether oxygens (including phenoxy) is 1. The highest BCUT2D eigenvalue weighted by molar-refractivity contribution is 5.85. The third-order valence-electron chi connectivity index (χ3n) is 2.16. The van der Waals surface area contributed by atoms with Crippen LogP contribution in [-0.4, -0.2) is 26.3 Å². The SMILES string of the molecule is C=C(C)COCC1CCNCC1.Cl. The molecular formula is C10H20ClNO. The molecule has 0 amide bonds. The summed E-state index contributed by atoms with van der Waals surface area (Å²) in [4.78, 5) is 0. The van der Waals surface area contributed by atoms with E-state index in [1.54, 1.807) is 0 Å². The van der Waals surface area contributed by atoms with Crippen molar-refractivity contribution < 1.29 is 4.74 Å². The summed E-state index contributed by atoms with van der Waals surface area (Å²) in [6.07, 6.45) is 2.52. The molecule has 0 bridgehead atoms. The third-order valence-corrected chi connectivity index (χ3v) is 2.16. The van der Waals surface area contributed by atoms with E-state index in [1.165, 1.54) is 12.8 Å². The topological polar surface area (TPSA) is 21.3 Å². The van der Waals surface area contributed by atoms with Crippen molar-refractivity contribution in [3.05, 3.63) is 12.2 Å². The lowest BCUT2D eigenvalue weighted by atomic mass is 9.99. The molecular weight excluding hydrogens is 186 g/mol. The molecule has 1 aliphatic heterocycles. The maximum atomic E-state index is 5.51. The molecule has 0 aromatic carbocycles. The molecule has 0 aliphatic carbocycles. The van der Waals surface area contributed by atoms with Crippen LogP contribution < -0.4 is 5.32 Å². The standard InChI is InChI=1S/C10H19NO.ClH/c1-9(2)7-12-8-10-3-5-11-6-4-10;/h10-11H,1,3-8H2,2H3;1H. The summed E-state index contributed by atoms with van der Waals surface area (Å²) < 4.78 is 5.51. The largest absolute Gasteiger partial charge is 0.377 e. The van der Waals surface area contributed by atoms with Crippen molar-refractivity contribution in [2.45, 2.75) is 19.8 Å². The fraction of sp³-hybridized carbons (Fsp3) is 0.800. The average molecular weight is 206 g/mol. The molecule has 0 saturated carbocycles. The molecule has 1 heterocycles. The van der Waals surface area contributed by atoms with E-state index in [4.69, 9.17) is 4.74 Å². The van der Waals surface area contributed by atoms with E-state index >= 15 is 0 Å². The van der Waals surface area contributed by atoms with Crippen molar-refractivity contribution in [3.8, 4) is 0 Å². The van der Waals surface area contributed by atoms with Crippen LogP contribution in [0.1, 0.15) is 19.8 Å². The van der Waals surface area contributed by atoms with E-state index in [9.17, 15) is 0 Å². The summed E-state index contributed by atoms with van der Waals surface area (Å²) >= 11 is 0. The molecule has 1 aliphatic rings. The molecule has 1 N–H and O–H groups in total. The molecule has 3 heteroatoms. The first-order valence-corrected chi connectivity index (χ1v) is 4.72. The van der Waals surface area contributed by atoms with E-state index in [0.717, 1.165) is 37.8 Å². The normalized spacial score (nSPS) is 17.9. The number of hydrogen-bond acceptors (Lipinski definition) is 2. The van der Waals surface area contributed by atoms with Gasteiger partial charge in [0, 0.05) is 6.61 Å². The molecule has 78 valence electrons. The number of piperidine rings is 1. The lowest BCUT2D eigenvalue weighted by molar-refractivity contribution is 0.104. The van der Waals surface area contributed by atoms with Crippen molar-refractivity contribution in [2.24, 2.45) is 5.92 Å². The fourth-order valence-electron chi connectivity index (χ4n) is 1.45. The molecule has 0 spiro atoms. The predicted molar refractivity (Wildman–Crippen MR) is 58.5 cm³/mol. The maximum absolute atomic E-state index is 5.51. The average Bonchev–Trinajstić information content (AvgIpc) is 2.05. The zero-order chi connectivity index (χ0) is 8.81. The molecule has 0 unspecified atom stereocenters. The molecule has 1 fully saturated rings. The summed E-state index contributed by atoms with van der Waals surface area (Å²) in [6.45, 7) is 9.75. The molecule has 1 saturated heterocycles. The Balaban J connectivity index is 0.00000144. The van der Waals surface area contributed by atoms with Gasteiger partial charge in [0.15, 0.2) is 0 Å². The third kappa shape index (κ3) is 6.08. The Hall–Kier alpha value is -0.0500. The number of rotatable bonds is 4. The van der Waals surface area contributed by atoms with E-state index in [1.807, 2.05) is 6.92 Å². The molecule has 0 atom stereocenters. The second-order valence-electron chi connectivity index (χ2n) is 3.67. The van der Waals surface area contributed by atoms with Gasteiger partial charge in [-0.25, -0.2) is 0 Å². The highest BCUT2D eigenvalue weighted by atomic mass is 35.5. The highest BCUT2D eigenvalue weighted by Gasteiger charge is 2.12. The van der Waals surface area contributed by atoms with Gasteiger partial charge in [-0.3, -0.25) is 0 Å². The minimum atomic E-state index is 0. The monoisotopic (exact) mass is 205 g/mol. The summed E-state index contributed by atoms with van der Waals surface area (Å²) in [5, 5.41) is 3.34. The minimum Gasteiger partial charge on any atom is -0.377 e. The van der Waals surface area contributed by atoms with Crippen LogP contribution in [0.5, 0.6) is 0 Å². The van der Waals surface area contributed by atoms with Crippen LogP contribution in [0.25, 0.3) is 0 Å². The summed E-state index contributed by atoms with van der Waals surface area (Å²) in [5.74, 6) is 0.769. The summed E-state index contributed by atoms with van der Waals surface area (Å²) in [7, 11) is 0. The van der Waals surface area contributed by atoms with Gasteiger partial charge in [0.1, 0.15) is 0 Å². The van der Waals surface area contributed by atoms with E-state index in [0.29, 0.717) is 0 Å². The minimum absolute atomic E-state index is 0. The van der Waals surface area contributed by atoms with Crippen molar-refractivity contribution in [1.82, 2.24) is 5.32 Å². The van der Waals surface area contributed by atoms with Crippen LogP contribution >= 0.6 is 12.4 Å². The van der Waals surface area contributed by atoms with E-state index in [-0.39, 0.29) is 12.4 Å². The zero-order valence-corrected chi connectivity index (χ0v) is 9.16. The smallest absolute Gasteiger partial charge is 0.0671 e. The first-order valence-electron chi connectivity index (χ1n) is 4.72. The quantitative estimate of drug-likeness (QED) is 0.709. The van der Waals surface area contributed by atoms with Gasteiger partial charge in [0.25, 0.3) is 0 Å². The van der Waals surface area contributed by atoms with Gasteiger partial charge < -0.3 is 10.1 Å². The lowest BCUT2D eigenvalue weighted by Crippen LogP contribution is -2.30. The van der Waals surface area contributed by atoms with E-state index < -0.39 is 0 Å². The lowest BCUT2D eigenvalue weighted by Gasteiger charge is -2.22.